The second-order valence-electron chi connectivity index (χ2n) is 9.25. The molecule has 9 heteroatoms. The molecule has 37 heavy (non-hydrogen) atoms. The molecule has 2 aliphatic rings. The summed E-state index contributed by atoms with van der Waals surface area (Å²) in [5.41, 5.74) is 3.80. The van der Waals surface area contributed by atoms with E-state index in [0.29, 0.717) is 43.7 Å². The van der Waals surface area contributed by atoms with Crippen LogP contribution in [0.5, 0.6) is 0 Å². The molecule has 0 spiro atoms. The highest BCUT2D eigenvalue weighted by Gasteiger charge is 2.36. The van der Waals surface area contributed by atoms with Crippen molar-refractivity contribution < 1.29 is 18.4 Å². The maximum absolute atomic E-state index is 14.0. The predicted octanol–water partition coefficient (Wildman–Crippen LogP) is 4.41. The van der Waals surface area contributed by atoms with Crippen LogP contribution < -0.4 is 4.90 Å². The average Bonchev–Trinajstić information content (AvgIpc) is 3.51. The van der Waals surface area contributed by atoms with Gasteiger partial charge in [0.25, 0.3) is 5.91 Å². The van der Waals surface area contributed by atoms with Crippen LogP contribution in [-0.2, 0) is 11.2 Å². The average molecular weight is 500 g/mol. The van der Waals surface area contributed by atoms with E-state index < -0.39 is 11.6 Å². The lowest BCUT2D eigenvalue weighted by molar-refractivity contribution is -0.118. The largest absolute Gasteiger partial charge is 0.337 e. The number of benzene rings is 2. The Labute approximate surface area is 212 Å². The normalized spacial score (nSPS) is 15.8. The smallest absolute Gasteiger partial charge is 0.274 e. The Hall–Kier alpha value is -4.40. The van der Waals surface area contributed by atoms with E-state index in [0.717, 1.165) is 28.9 Å². The summed E-state index contributed by atoms with van der Waals surface area (Å²) in [7, 11) is 0. The number of aromatic nitrogens is 3. The van der Waals surface area contributed by atoms with Gasteiger partial charge in [-0.1, -0.05) is 18.2 Å². The van der Waals surface area contributed by atoms with Gasteiger partial charge in [0.05, 0.1) is 17.8 Å². The van der Waals surface area contributed by atoms with Crippen LogP contribution in [0.4, 0.5) is 14.5 Å². The van der Waals surface area contributed by atoms with Crippen LogP contribution in [0, 0.1) is 11.6 Å². The molecule has 4 aromatic rings. The first kappa shape index (κ1) is 23.0. The highest BCUT2D eigenvalue weighted by atomic mass is 19.2. The molecule has 6 rings (SSSR count). The van der Waals surface area contributed by atoms with Crippen LogP contribution in [0.15, 0.2) is 73.1 Å². The van der Waals surface area contributed by atoms with E-state index in [4.69, 9.17) is 0 Å². The SMILES string of the molecule is O=C(c1cc(-c2ccncc2)n(-c2ccc(F)c(F)c2)n1)N1CCC(N2C(=O)Cc3ccccc32)CC1. The van der Waals surface area contributed by atoms with Gasteiger partial charge in [-0.05, 0) is 54.8 Å². The zero-order valence-electron chi connectivity index (χ0n) is 19.8. The summed E-state index contributed by atoms with van der Waals surface area (Å²) >= 11 is 0. The molecule has 0 unspecified atom stereocenters. The van der Waals surface area contributed by atoms with Crippen LogP contribution >= 0.6 is 0 Å². The molecule has 0 N–H and O–H groups in total. The first-order chi connectivity index (χ1) is 18.0. The fourth-order valence-corrected chi connectivity index (χ4v) is 5.19. The summed E-state index contributed by atoms with van der Waals surface area (Å²) in [6, 6.07) is 16.6. The van der Waals surface area contributed by atoms with Gasteiger partial charge in [-0.15, -0.1) is 0 Å². The molecule has 2 aliphatic heterocycles. The van der Waals surface area contributed by atoms with E-state index in [-0.39, 0.29) is 23.6 Å². The number of nitrogens with zero attached hydrogens (tertiary/aromatic N) is 5. The number of fused-ring (bicyclic) bond motifs is 1. The summed E-state index contributed by atoms with van der Waals surface area (Å²) in [5, 5.41) is 4.49. The van der Waals surface area contributed by atoms with E-state index in [2.05, 4.69) is 10.1 Å². The number of piperidine rings is 1. The Balaban J connectivity index is 1.25. The molecular weight excluding hydrogens is 476 g/mol. The van der Waals surface area contributed by atoms with Crippen LogP contribution in [-0.4, -0.2) is 50.6 Å². The number of amides is 2. The van der Waals surface area contributed by atoms with Crippen molar-refractivity contribution >= 4 is 17.5 Å². The Bertz CT molecular complexity index is 1500. The lowest BCUT2D eigenvalue weighted by Gasteiger charge is -2.36. The fraction of sp³-hybridized carbons (Fsp3) is 0.214. The van der Waals surface area contributed by atoms with Gasteiger partial charge in [-0.3, -0.25) is 14.6 Å². The second-order valence-corrected chi connectivity index (χ2v) is 9.25. The number of halogens is 2. The fourth-order valence-electron chi connectivity index (χ4n) is 5.19. The molecule has 0 radical (unpaired) electrons. The van der Waals surface area contributed by atoms with Crippen molar-refractivity contribution in [3.63, 3.8) is 0 Å². The van der Waals surface area contributed by atoms with Gasteiger partial charge < -0.3 is 9.80 Å². The van der Waals surface area contributed by atoms with Crippen molar-refractivity contribution in [1.29, 1.82) is 0 Å². The molecule has 2 aromatic carbocycles. The molecule has 0 atom stereocenters. The van der Waals surface area contributed by atoms with E-state index in [9.17, 15) is 18.4 Å². The molecule has 2 aromatic heterocycles. The van der Waals surface area contributed by atoms with Crippen molar-refractivity contribution in [1.82, 2.24) is 19.7 Å². The van der Waals surface area contributed by atoms with E-state index in [1.54, 1.807) is 35.5 Å². The van der Waals surface area contributed by atoms with Crippen LogP contribution in [0.1, 0.15) is 28.9 Å². The monoisotopic (exact) mass is 499 g/mol. The number of carbonyl (C=O) groups is 2. The topological polar surface area (TPSA) is 71.3 Å². The van der Waals surface area contributed by atoms with Gasteiger partial charge in [-0.25, -0.2) is 13.5 Å². The van der Waals surface area contributed by atoms with Gasteiger partial charge in [0.2, 0.25) is 5.91 Å². The summed E-state index contributed by atoms with van der Waals surface area (Å²) < 4.78 is 29.0. The lowest BCUT2D eigenvalue weighted by Crippen LogP contribution is -2.48. The molecular formula is C28H23F2N5O2. The minimum absolute atomic E-state index is 0.0346. The van der Waals surface area contributed by atoms with Gasteiger partial charge in [0.1, 0.15) is 0 Å². The third-order valence-corrected chi connectivity index (χ3v) is 7.03. The summed E-state index contributed by atoms with van der Waals surface area (Å²) in [6.07, 6.45) is 4.96. The maximum Gasteiger partial charge on any atom is 0.274 e. The van der Waals surface area contributed by atoms with Crippen molar-refractivity contribution in [2.24, 2.45) is 0 Å². The standard InChI is InChI=1S/C28H23F2N5O2/c29-22-6-5-21(16-23(22)30)35-26(18-7-11-31-12-8-18)17-24(32-35)28(37)33-13-9-20(10-14-33)34-25-4-2-1-3-19(25)15-27(34)36/h1-8,11-12,16-17,20H,9-10,13-15H2. The van der Waals surface area contributed by atoms with E-state index in [1.165, 1.54) is 10.7 Å². The molecule has 1 fully saturated rings. The third-order valence-electron chi connectivity index (χ3n) is 7.03. The number of likely N-dealkylation sites (tertiary alicyclic amines) is 1. The Morgan fingerprint density at radius 2 is 1.68 bits per heavy atom. The molecule has 4 heterocycles. The molecule has 2 amide bonds. The van der Waals surface area contributed by atoms with Crippen molar-refractivity contribution in [3.05, 3.63) is 95.9 Å². The zero-order valence-corrected chi connectivity index (χ0v) is 19.8. The van der Waals surface area contributed by atoms with Crippen LogP contribution in [0.3, 0.4) is 0 Å². The van der Waals surface area contributed by atoms with Crippen molar-refractivity contribution in [3.8, 4) is 16.9 Å². The number of rotatable bonds is 4. The van der Waals surface area contributed by atoms with Crippen molar-refractivity contribution in [2.75, 3.05) is 18.0 Å². The van der Waals surface area contributed by atoms with Crippen LogP contribution in [0.25, 0.3) is 16.9 Å². The Morgan fingerprint density at radius 1 is 0.919 bits per heavy atom. The molecule has 0 bridgehead atoms. The zero-order chi connectivity index (χ0) is 25.5. The number of pyridine rings is 1. The molecule has 0 aliphatic carbocycles. The number of para-hydroxylation sites is 1. The predicted molar refractivity (Wildman–Crippen MR) is 133 cm³/mol. The van der Waals surface area contributed by atoms with E-state index in [1.807, 2.05) is 29.2 Å². The van der Waals surface area contributed by atoms with Gasteiger partial charge in [-0.2, -0.15) is 5.10 Å². The lowest BCUT2D eigenvalue weighted by atomic mass is 10.0. The number of anilines is 1. The first-order valence-corrected chi connectivity index (χ1v) is 12.1. The number of carbonyl (C=O) groups excluding carboxylic acids is 2. The molecule has 0 saturated carbocycles. The molecule has 7 nitrogen and oxygen atoms in total. The highest BCUT2D eigenvalue weighted by molar-refractivity contribution is 6.02. The van der Waals surface area contributed by atoms with Crippen LogP contribution in [0.2, 0.25) is 0 Å². The van der Waals surface area contributed by atoms with Gasteiger partial charge in [0.15, 0.2) is 17.3 Å². The Kier molecular flexibility index (Phi) is 5.75. The minimum atomic E-state index is -0.998. The maximum atomic E-state index is 14.0. The first-order valence-electron chi connectivity index (χ1n) is 12.1. The van der Waals surface area contributed by atoms with Gasteiger partial charge in [0, 0.05) is 48.8 Å². The van der Waals surface area contributed by atoms with Crippen molar-refractivity contribution in [2.45, 2.75) is 25.3 Å². The number of hydrogen-bond acceptors (Lipinski definition) is 4. The molecule has 1 saturated heterocycles. The Morgan fingerprint density at radius 3 is 2.43 bits per heavy atom. The molecule has 186 valence electrons. The second kappa shape index (κ2) is 9.24. The van der Waals surface area contributed by atoms with E-state index >= 15 is 0 Å². The summed E-state index contributed by atoms with van der Waals surface area (Å²) in [5.74, 6) is -2.11. The minimum Gasteiger partial charge on any atom is -0.337 e. The van der Waals surface area contributed by atoms with Gasteiger partial charge >= 0.3 is 0 Å². The third kappa shape index (κ3) is 4.16. The summed E-state index contributed by atoms with van der Waals surface area (Å²) in [4.78, 5) is 33.8. The highest BCUT2D eigenvalue weighted by Crippen LogP contribution is 2.33. The quantitative estimate of drug-likeness (QED) is 0.417. The summed E-state index contributed by atoms with van der Waals surface area (Å²) in [6.45, 7) is 0.968. The number of hydrogen-bond donors (Lipinski definition) is 0.